The summed E-state index contributed by atoms with van der Waals surface area (Å²) in [5.41, 5.74) is 1.94. The molecule has 1 aliphatic heterocycles. The SMILES string of the molecule is CCN(CC)c1ccc(NC(=O)CN2CCC[C@H]2C(=O)N(C)C)cc1. The zero-order valence-corrected chi connectivity index (χ0v) is 15.8. The average molecular weight is 346 g/mol. The third-order valence-electron chi connectivity index (χ3n) is 4.72. The van der Waals surface area contributed by atoms with E-state index in [4.69, 9.17) is 0 Å². The Morgan fingerprint density at radius 1 is 1.16 bits per heavy atom. The lowest BCUT2D eigenvalue weighted by Gasteiger charge is -2.25. The van der Waals surface area contributed by atoms with Crippen molar-refractivity contribution in [2.45, 2.75) is 32.7 Å². The quantitative estimate of drug-likeness (QED) is 0.821. The van der Waals surface area contributed by atoms with Gasteiger partial charge in [-0.15, -0.1) is 0 Å². The van der Waals surface area contributed by atoms with Crippen molar-refractivity contribution in [1.29, 1.82) is 0 Å². The van der Waals surface area contributed by atoms with Gasteiger partial charge in [0, 0.05) is 38.6 Å². The fraction of sp³-hybridized carbons (Fsp3) is 0.579. The fourth-order valence-electron chi connectivity index (χ4n) is 3.32. The normalized spacial score (nSPS) is 17.4. The van der Waals surface area contributed by atoms with E-state index in [2.05, 4.69) is 24.1 Å². The molecule has 2 amide bonds. The number of hydrogen-bond acceptors (Lipinski definition) is 4. The van der Waals surface area contributed by atoms with Crippen LogP contribution in [0.3, 0.4) is 0 Å². The van der Waals surface area contributed by atoms with Crippen LogP contribution in [0.5, 0.6) is 0 Å². The average Bonchev–Trinajstić information content (AvgIpc) is 3.04. The van der Waals surface area contributed by atoms with E-state index in [0.717, 1.165) is 43.9 Å². The molecule has 1 atom stereocenters. The Balaban J connectivity index is 1.92. The minimum absolute atomic E-state index is 0.0750. The molecule has 25 heavy (non-hydrogen) atoms. The van der Waals surface area contributed by atoms with Crippen molar-refractivity contribution in [2.75, 3.05) is 50.5 Å². The third-order valence-corrected chi connectivity index (χ3v) is 4.72. The van der Waals surface area contributed by atoms with Crippen LogP contribution in [0.2, 0.25) is 0 Å². The maximum absolute atomic E-state index is 12.3. The van der Waals surface area contributed by atoms with Crippen molar-refractivity contribution >= 4 is 23.2 Å². The highest BCUT2D eigenvalue weighted by Gasteiger charge is 2.32. The van der Waals surface area contributed by atoms with E-state index in [1.165, 1.54) is 0 Å². The zero-order chi connectivity index (χ0) is 18.4. The van der Waals surface area contributed by atoms with Crippen molar-refractivity contribution in [1.82, 2.24) is 9.80 Å². The Morgan fingerprint density at radius 3 is 2.36 bits per heavy atom. The molecule has 1 N–H and O–H groups in total. The summed E-state index contributed by atoms with van der Waals surface area (Å²) in [7, 11) is 3.52. The highest BCUT2D eigenvalue weighted by Crippen LogP contribution is 2.20. The molecule has 0 unspecified atom stereocenters. The number of carbonyl (C=O) groups excluding carboxylic acids is 2. The lowest BCUT2D eigenvalue weighted by atomic mass is 10.2. The Hall–Kier alpha value is -2.08. The summed E-state index contributed by atoms with van der Waals surface area (Å²) in [4.78, 5) is 30.4. The summed E-state index contributed by atoms with van der Waals surface area (Å²) in [5.74, 6) is 0.00270. The molecule has 1 fully saturated rings. The monoisotopic (exact) mass is 346 g/mol. The molecule has 1 aliphatic rings. The van der Waals surface area contributed by atoms with Crippen LogP contribution >= 0.6 is 0 Å². The number of rotatable bonds is 7. The minimum atomic E-state index is -0.175. The predicted molar refractivity (Wildman–Crippen MR) is 102 cm³/mol. The molecule has 0 saturated carbocycles. The van der Waals surface area contributed by atoms with Crippen molar-refractivity contribution in [3.8, 4) is 0 Å². The number of carbonyl (C=O) groups is 2. The smallest absolute Gasteiger partial charge is 0.239 e. The van der Waals surface area contributed by atoms with Gasteiger partial charge in [-0.05, 0) is 57.5 Å². The summed E-state index contributed by atoms with van der Waals surface area (Å²) in [5, 5.41) is 2.94. The first kappa shape index (κ1) is 19.2. The van der Waals surface area contributed by atoms with Crippen LogP contribution in [0.4, 0.5) is 11.4 Å². The number of nitrogens with zero attached hydrogens (tertiary/aromatic N) is 3. The predicted octanol–water partition coefficient (Wildman–Crippen LogP) is 2.02. The maximum atomic E-state index is 12.3. The number of nitrogens with one attached hydrogen (secondary N) is 1. The Bertz CT molecular complexity index is 582. The van der Waals surface area contributed by atoms with Crippen LogP contribution in [0, 0.1) is 0 Å². The van der Waals surface area contributed by atoms with E-state index < -0.39 is 0 Å². The molecule has 1 aromatic carbocycles. The van der Waals surface area contributed by atoms with Gasteiger partial charge in [-0.1, -0.05) is 0 Å². The molecule has 0 bridgehead atoms. The van der Waals surface area contributed by atoms with Gasteiger partial charge in [0.15, 0.2) is 0 Å². The number of anilines is 2. The van der Waals surface area contributed by atoms with Crippen LogP contribution in [-0.4, -0.2) is 67.9 Å². The first-order valence-corrected chi connectivity index (χ1v) is 9.06. The Labute approximate surface area is 150 Å². The minimum Gasteiger partial charge on any atom is -0.372 e. The van der Waals surface area contributed by atoms with Gasteiger partial charge in [0.2, 0.25) is 11.8 Å². The van der Waals surface area contributed by atoms with Crippen molar-refractivity contribution < 1.29 is 9.59 Å². The molecular weight excluding hydrogens is 316 g/mol. The standard InChI is InChI=1S/C19H30N4O2/c1-5-22(6-2)16-11-9-15(10-12-16)20-18(24)14-23-13-7-8-17(23)19(25)21(3)4/h9-12,17H,5-8,13-14H2,1-4H3,(H,20,24)/t17-/m0/s1. The first-order chi connectivity index (χ1) is 12.0. The number of benzene rings is 1. The number of likely N-dealkylation sites (tertiary alicyclic amines) is 1. The van der Waals surface area contributed by atoms with Gasteiger partial charge in [-0.3, -0.25) is 14.5 Å². The van der Waals surface area contributed by atoms with Crippen LogP contribution < -0.4 is 10.2 Å². The van der Waals surface area contributed by atoms with Crippen LogP contribution in [0.1, 0.15) is 26.7 Å². The first-order valence-electron chi connectivity index (χ1n) is 9.06. The van der Waals surface area contributed by atoms with E-state index in [1.807, 2.05) is 29.2 Å². The van der Waals surface area contributed by atoms with Crippen molar-refractivity contribution in [3.63, 3.8) is 0 Å². The van der Waals surface area contributed by atoms with Crippen molar-refractivity contribution in [2.24, 2.45) is 0 Å². The second-order valence-corrected chi connectivity index (χ2v) is 6.63. The molecule has 0 spiro atoms. The van der Waals surface area contributed by atoms with E-state index in [0.29, 0.717) is 0 Å². The largest absolute Gasteiger partial charge is 0.372 e. The molecule has 1 heterocycles. The van der Waals surface area contributed by atoms with Gasteiger partial charge in [-0.25, -0.2) is 0 Å². The van der Waals surface area contributed by atoms with Gasteiger partial charge in [0.25, 0.3) is 0 Å². The van der Waals surface area contributed by atoms with E-state index in [1.54, 1.807) is 19.0 Å². The molecule has 2 rings (SSSR count). The lowest BCUT2D eigenvalue weighted by molar-refractivity contribution is -0.133. The van der Waals surface area contributed by atoms with E-state index >= 15 is 0 Å². The summed E-state index contributed by atoms with van der Waals surface area (Å²) in [6.45, 7) is 7.21. The number of hydrogen-bond donors (Lipinski definition) is 1. The topological polar surface area (TPSA) is 55.9 Å². The van der Waals surface area contributed by atoms with Gasteiger partial charge in [-0.2, -0.15) is 0 Å². The summed E-state index contributed by atoms with van der Waals surface area (Å²) in [6.07, 6.45) is 1.78. The van der Waals surface area contributed by atoms with Gasteiger partial charge < -0.3 is 15.1 Å². The van der Waals surface area contributed by atoms with Gasteiger partial charge >= 0.3 is 0 Å². The Kier molecular flexibility index (Phi) is 6.82. The maximum Gasteiger partial charge on any atom is 0.239 e. The van der Waals surface area contributed by atoms with Gasteiger partial charge in [0.05, 0.1) is 12.6 Å². The second-order valence-electron chi connectivity index (χ2n) is 6.63. The molecule has 6 nitrogen and oxygen atoms in total. The number of amides is 2. The number of likely N-dealkylation sites (N-methyl/N-ethyl adjacent to an activating group) is 1. The molecule has 0 aliphatic carbocycles. The summed E-state index contributed by atoms with van der Waals surface area (Å²) in [6, 6.07) is 7.73. The van der Waals surface area contributed by atoms with Crippen molar-refractivity contribution in [3.05, 3.63) is 24.3 Å². The zero-order valence-electron chi connectivity index (χ0n) is 15.8. The molecule has 138 valence electrons. The molecular formula is C19H30N4O2. The van der Waals surface area contributed by atoms with Crippen LogP contribution in [-0.2, 0) is 9.59 Å². The molecule has 0 radical (unpaired) electrons. The lowest BCUT2D eigenvalue weighted by Crippen LogP contribution is -2.45. The van der Waals surface area contributed by atoms with Gasteiger partial charge in [0.1, 0.15) is 0 Å². The van der Waals surface area contributed by atoms with E-state index in [9.17, 15) is 9.59 Å². The summed E-state index contributed by atoms with van der Waals surface area (Å²) < 4.78 is 0. The molecule has 0 aromatic heterocycles. The highest BCUT2D eigenvalue weighted by atomic mass is 16.2. The molecule has 1 saturated heterocycles. The molecule has 1 aromatic rings. The van der Waals surface area contributed by atoms with Crippen LogP contribution in [0.15, 0.2) is 24.3 Å². The Morgan fingerprint density at radius 2 is 1.80 bits per heavy atom. The summed E-state index contributed by atoms with van der Waals surface area (Å²) >= 11 is 0. The van der Waals surface area contributed by atoms with Crippen LogP contribution in [0.25, 0.3) is 0 Å². The van der Waals surface area contributed by atoms with E-state index in [-0.39, 0.29) is 24.4 Å². The second kappa shape index (κ2) is 8.85. The third kappa shape index (κ3) is 4.95. The fourth-order valence-corrected chi connectivity index (χ4v) is 3.32. The highest BCUT2D eigenvalue weighted by molar-refractivity contribution is 5.93. The molecule has 6 heteroatoms.